The van der Waals surface area contributed by atoms with Gasteiger partial charge in [0, 0.05) is 37.1 Å². The summed E-state index contributed by atoms with van der Waals surface area (Å²) in [4.78, 5) is 15.0. The number of guanidine groups is 1. The summed E-state index contributed by atoms with van der Waals surface area (Å²) in [5.74, 6) is 1.04. The van der Waals surface area contributed by atoms with Crippen molar-refractivity contribution < 1.29 is 5.11 Å². The molecular formula is C18H25Cl2N7O. The Labute approximate surface area is 174 Å². The molecule has 0 amide bonds. The lowest BCUT2D eigenvalue weighted by molar-refractivity contribution is 0.206. The minimum atomic E-state index is 0.134. The van der Waals surface area contributed by atoms with E-state index in [0.717, 1.165) is 18.8 Å². The molecule has 2 rings (SSSR count). The molecule has 1 aromatic carbocycles. The van der Waals surface area contributed by atoms with E-state index >= 15 is 0 Å². The van der Waals surface area contributed by atoms with E-state index in [-0.39, 0.29) is 18.5 Å². The van der Waals surface area contributed by atoms with Crippen LogP contribution in [-0.2, 0) is 0 Å². The van der Waals surface area contributed by atoms with Gasteiger partial charge in [0.05, 0.1) is 16.7 Å². The van der Waals surface area contributed by atoms with Crippen molar-refractivity contribution in [3.8, 4) is 0 Å². The molecule has 1 heterocycles. The van der Waals surface area contributed by atoms with Crippen LogP contribution in [0.2, 0.25) is 10.0 Å². The van der Waals surface area contributed by atoms with Gasteiger partial charge in [0.2, 0.25) is 5.96 Å². The maximum absolute atomic E-state index is 9.05. The minimum absolute atomic E-state index is 0.134. The van der Waals surface area contributed by atoms with Crippen LogP contribution in [-0.4, -0.2) is 58.7 Å². The number of nitrogens with one attached hydrogen (secondary N) is 2. The quantitative estimate of drug-likeness (QED) is 0.360. The Balaban J connectivity index is 2.02. The van der Waals surface area contributed by atoms with Crippen molar-refractivity contribution in [2.75, 3.05) is 43.4 Å². The van der Waals surface area contributed by atoms with Gasteiger partial charge in [-0.15, -0.1) is 0 Å². The fraction of sp³-hybridized carbons (Fsp3) is 0.389. The zero-order chi connectivity index (χ0) is 20.5. The van der Waals surface area contributed by atoms with Crippen LogP contribution < -0.4 is 16.4 Å². The van der Waals surface area contributed by atoms with Gasteiger partial charge in [-0.2, -0.15) is 9.98 Å². The number of hydrogen-bond donors (Lipinski definition) is 4. The van der Waals surface area contributed by atoms with Gasteiger partial charge in [0.15, 0.2) is 0 Å². The van der Waals surface area contributed by atoms with E-state index in [9.17, 15) is 0 Å². The number of aryl methyl sites for hydroxylation is 1. The molecule has 10 heteroatoms. The molecule has 0 aliphatic carbocycles. The van der Waals surface area contributed by atoms with Crippen molar-refractivity contribution in [1.82, 2.24) is 14.9 Å². The Morgan fingerprint density at radius 1 is 1.21 bits per heavy atom. The molecule has 0 saturated heterocycles. The van der Waals surface area contributed by atoms with Crippen LogP contribution in [0.1, 0.15) is 12.6 Å². The maximum Gasteiger partial charge on any atom is 0.254 e. The Bertz CT molecular complexity index is 817. The van der Waals surface area contributed by atoms with Crippen molar-refractivity contribution in [3.05, 3.63) is 40.0 Å². The first-order chi connectivity index (χ1) is 13.4. The van der Waals surface area contributed by atoms with Crippen LogP contribution in [0.15, 0.2) is 29.3 Å². The van der Waals surface area contributed by atoms with Crippen molar-refractivity contribution in [2.45, 2.75) is 13.8 Å². The number of aliphatic hydroxyl groups excluding tert-OH is 1. The zero-order valence-electron chi connectivity index (χ0n) is 15.9. The number of nitrogens with two attached hydrogens (primary N) is 1. The van der Waals surface area contributed by atoms with Gasteiger partial charge >= 0.3 is 0 Å². The topological polar surface area (TPSA) is 112 Å². The smallest absolute Gasteiger partial charge is 0.254 e. The predicted molar refractivity (Wildman–Crippen MR) is 116 cm³/mol. The molecule has 5 N–H and O–H groups in total. The monoisotopic (exact) mass is 425 g/mol. The molecule has 0 fully saturated rings. The molecule has 1 aromatic heterocycles. The third-order valence-corrected chi connectivity index (χ3v) is 4.59. The molecule has 0 radical (unpaired) electrons. The summed E-state index contributed by atoms with van der Waals surface area (Å²) in [6.07, 6.45) is 0. The normalized spacial score (nSPS) is 11.7. The average Bonchev–Trinajstić information content (AvgIpc) is 2.63. The molecule has 28 heavy (non-hydrogen) atoms. The van der Waals surface area contributed by atoms with Crippen LogP contribution in [0, 0.1) is 6.92 Å². The first-order valence-electron chi connectivity index (χ1n) is 8.90. The van der Waals surface area contributed by atoms with E-state index in [1.807, 2.05) is 13.0 Å². The molecule has 152 valence electrons. The summed E-state index contributed by atoms with van der Waals surface area (Å²) in [6.45, 7) is 7.05. The summed E-state index contributed by atoms with van der Waals surface area (Å²) in [7, 11) is 0. The fourth-order valence-electron chi connectivity index (χ4n) is 2.46. The van der Waals surface area contributed by atoms with Crippen molar-refractivity contribution in [3.63, 3.8) is 0 Å². The lowest BCUT2D eigenvalue weighted by Crippen LogP contribution is -2.31. The second-order valence-electron chi connectivity index (χ2n) is 6.03. The number of halogens is 2. The highest BCUT2D eigenvalue weighted by Gasteiger charge is 2.05. The zero-order valence-corrected chi connectivity index (χ0v) is 17.4. The van der Waals surface area contributed by atoms with E-state index in [1.165, 1.54) is 0 Å². The molecule has 0 spiro atoms. The van der Waals surface area contributed by atoms with Gasteiger partial charge in [-0.05, 0) is 31.7 Å². The van der Waals surface area contributed by atoms with E-state index in [2.05, 4.69) is 37.4 Å². The third kappa shape index (κ3) is 7.12. The number of likely N-dealkylation sites (N-methyl/N-ethyl adjacent to an activating group) is 1. The second-order valence-corrected chi connectivity index (χ2v) is 6.84. The Morgan fingerprint density at radius 2 is 2.00 bits per heavy atom. The van der Waals surface area contributed by atoms with Gasteiger partial charge in [0.25, 0.3) is 5.95 Å². The van der Waals surface area contributed by atoms with Crippen molar-refractivity contribution >= 4 is 46.6 Å². The first kappa shape index (κ1) is 22.2. The average molecular weight is 426 g/mol. The second kappa shape index (κ2) is 11.0. The minimum Gasteiger partial charge on any atom is -0.395 e. The summed E-state index contributed by atoms with van der Waals surface area (Å²) in [5.41, 5.74) is 7.37. The molecule has 0 aliphatic rings. The molecule has 0 unspecified atom stereocenters. The fourth-order valence-corrected chi connectivity index (χ4v) is 2.76. The number of aliphatic hydroxyl groups is 1. The molecule has 0 atom stereocenters. The summed E-state index contributed by atoms with van der Waals surface area (Å²) in [6, 6.07) is 6.90. The van der Waals surface area contributed by atoms with Gasteiger partial charge in [-0.3, -0.25) is 4.90 Å². The van der Waals surface area contributed by atoms with Gasteiger partial charge < -0.3 is 21.5 Å². The van der Waals surface area contributed by atoms with E-state index < -0.39 is 0 Å². The summed E-state index contributed by atoms with van der Waals surface area (Å²) in [5, 5.41) is 16.1. The number of aromatic nitrogens is 2. The van der Waals surface area contributed by atoms with Gasteiger partial charge in [-0.1, -0.05) is 30.1 Å². The highest BCUT2D eigenvalue weighted by atomic mass is 35.5. The van der Waals surface area contributed by atoms with E-state index in [0.29, 0.717) is 34.6 Å². The Morgan fingerprint density at radius 3 is 2.68 bits per heavy atom. The van der Waals surface area contributed by atoms with Crippen molar-refractivity contribution in [2.24, 2.45) is 10.7 Å². The van der Waals surface area contributed by atoms with Crippen molar-refractivity contribution in [1.29, 1.82) is 0 Å². The van der Waals surface area contributed by atoms with E-state index in [4.69, 9.17) is 34.0 Å². The van der Waals surface area contributed by atoms with Crippen LogP contribution in [0.3, 0.4) is 0 Å². The van der Waals surface area contributed by atoms with Gasteiger partial charge in [0.1, 0.15) is 5.82 Å². The number of aliphatic imine (C=N–C) groups is 1. The number of benzene rings is 1. The van der Waals surface area contributed by atoms with E-state index in [1.54, 1.807) is 18.2 Å². The van der Waals surface area contributed by atoms with Crippen LogP contribution in [0.5, 0.6) is 0 Å². The molecule has 0 aliphatic heterocycles. The lowest BCUT2D eigenvalue weighted by Gasteiger charge is -2.19. The molecule has 8 nitrogen and oxygen atoms in total. The Kier molecular flexibility index (Phi) is 8.72. The number of nitrogens with zero attached hydrogens (tertiary/aromatic N) is 4. The third-order valence-electron chi connectivity index (χ3n) is 3.85. The number of hydrogen-bond acceptors (Lipinski definition) is 6. The molecule has 2 aromatic rings. The van der Waals surface area contributed by atoms with Crippen LogP contribution >= 0.6 is 23.2 Å². The maximum atomic E-state index is 9.05. The molecule has 0 bridgehead atoms. The summed E-state index contributed by atoms with van der Waals surface area (Å²) < 4.78 is 0. The highest BCUT2D eigenvalue weighted by molar-refractivity contribution is 6.42. The number of rotatable bonds is 9. The standard InChI is InChI=1S/C18H25Cl2N7O/c1-3-27(8-9-28)7-6-22-16-10-12(2)23-18(25-16)26-17(21)24-13-4-5-14(19)15(20)11-13/h4-5,10-11,28H,3,6-9H2,1-2H3,(H4,21,22,23,24,25,26). The highest BCUT2D eigenvalue weighted by Crippen LogP contribution is 2.25. The number of anilines is 2. The SMILES string of the molecule is CCN(CCO)CCNc1cc(C)nc(/N=C(\N)Nc2ccc(Cl)c(Cl)c2)n1. The largest absolute Gasteiger partial charge is 0.395 e. The lowest BCUT2D eigenvalue weighted by atomic mass is 10.3. The predicted octanol–water partition coefficient (Wildman–Crippen LogP) is 2.88. The molecular weight excluding hydrogens is 401 g/mol. The molecule has 0 saturated carbocycles. The van der Waals surface area contributed by atoms with Crippen LogP contribution in [0.4, 0.5) is 17.5 Å². The first-order valence-corrected chi connectivity index (χ1v) is 9.66. The summed E-state index contributed by atoms with van der Waals surface area (Å²) >= 11 is 11.9. The van der Waals surface area contributed by atoms with Crippen LogP contribution in [0.25, 0.3) is 0 Å². The Hall–Kier alpha value is -2.13. The van der Waals surface area contributed by atoms with Gasteiger partial charge in [-0.25, -0.2) is 4.98 Å².